The Morgan fingerprint density at radius 3 is 2.38 bits per heavy atom. The second-order valence-electron chi connectivity index (χ2n) is 5.48. The zero-order valence-electron chi connectivity index (χ0n) is 13.3. The monoisotopic (exact) mass is 355 g/mol. The summed E-state index contributed by atoms with van der Waals surface area (Å²) < 4.78 is 5.52. The van der Waals surface area contributed by atoms with Gasteiger partial charge in [-0.25, -0.2) is 0 Å². The van der Waals surface area contributed by atoms with Crippen LogP contribution in [0.3, 0.4) is 0 Å². The number of rotatable bonds is 5. The summed E-state index contributed by atoms with van der Waals surface area (Å²) in [5, 5.41) is 6.29. The lowest BCUT2D eigenvalue weighted by Gasteiger charge is -2.12. The third kappa shape index (κ3) is 3.93. The van der Waals surface area contributed by atoms with E-state index in [1.807, 2.05) is 42.5 Å². The van der Waals surface area contributed by atoms with Crippen LogP contribution in [-0.2, 0) is 6.42 Å². The topological polar surface area (TPSA) is 35.2 Å². The molecule has 0 aliphatic carbocycles. The summed E-state index contributed by atoms with van der Waals surface area (Å²) in [6, 6.07) is 22.4. The van der Waals surface area contributed by atoms with Crippen LogP contribution in [0.2, 0.25) is 5.02 Å². The van der Waals surface area contributed by atoms with Gasteiger partial charge in [-0.15, -0.1) is 0 Å². The summed E-state index contributed by atoms with van der Waals surface area (Å²) in [4.78, 5) is 1.06. The predicted octanol–water partition coefficient (Wildman–Crippen LogP) is 5.57. The first-order chi connectivity index (χ1) is 11.7. The summed E-state index contributed by atoms with van der Waals surface area (Å²) in [5.41, 5.74) is 4.57. The van der Waals surface area contributed by atoms with Gasteiger partial charge < -0.3 is 4.74 Å². The number of hydrogen-bond donors (Lipinski definition) is 1. The Morgan fingerprint density at radius 2 is 1.71 bits per heavy atom. The number of nitrogens with two attached hydrogens (primary N) is 1. The van der Waals surface area contributed by atoms with E-state index >= 15 is 0 Å². The summed E-state index contributed by atoms with van der Waals surface area (Å²) in [7, 11) is 1.69. The normalized spacial score (nSPS) is 10.6. The average molecular weight is 356 g/mol. The zero-order chi connectivity index (χ0) is 16.9. The van der Waals surface area contributed by atoms with Gasteiger partial charge in [0.05, 0.1) is 7.11 Å². The standard InChI is InChI=1S/C20H18ClNOS/c1-23-20-10-7-15(11-14-5-8-18(24-22)9-6-14)12-19(20)16-3-2-4-17(21)13-16/h2-10,12-13H,11,22H2,1H3. The number of benzene rings is 3. The van der Waals surface area contributed by atoms with Gasteiger partial charge in [-0.1, -0.05) is 41.9 Å². The Labute approximate surface area is 151 Å². The largest absolute Gasteiger partial charge is 0.496 e. The van der Waals surface area contributed by atoms with Crippen LogP contribution in [-0.4, -0.2) is 7.11 Å². The smallest absolute Gasteiger partial charge is 0.126 e. The molecule has 0 bridgehead atoms. The summed E-state index contributed by atoms with van der Waals surface area (Å²) >= 11 is 7.40. The zero-order valence-corrected chi connectivity index (χ0v) is 14.9. The molecule has 0 aromatic heterocycles. The van der Waals surface area contributed by atoms with Gasteiger partial charge in [-0.3, -0.25) is 5.14 Å². The number of ether oxygens (including phenoxy) is 1. The maximum Gasteiger partial charge on any atom is 0.126 e. The van der Waals surface area contributed by atoms with Crippen LogP contribution in [0.4, 0.5) is 0 Å². The van der Waals surface area contributed by atoms with E-state index < -0.39 is 0 Å². The summed E-state index contributed by atoms with van der Waals surface area (Å²) in [6.45, 7) is 0. The van der Waals surface area contributed by atoms with E-state index in [0.717, 1.165) is 33.2 Å². The third-order valence-electron chi connectivity index (χ3n) is 3.87. The average Bonchev–Trinajstić information content (AvgIpc) is 2.62. The Bertz CT molecular complexity index is 833. The molecule has 24 heavy (non-hydrogen) atoms. The molecular formula is C20H18ClNOS. The predicted molar refractivity (Wildman–Crippen MR) is 103 cm³/mol. The van der Waals surface area contributed by atoms with E-state index in [4.69, 9.17) is 21.5 Å². The quantitative estimate of drug-likeness (QED) is 0.607. The van der Waals surface area contributed by atoms with E-state index in [-0.39, 0.29) is 0 Å². The Hall–Kier alpha value is -1.94. The van der Waals surface area contributed by atoms with Crippen molar-refractivity contribution in [1.82, 2.24) is 0 Å². The molecule has 0 amide bonds. The molecule has 2 N–H and O–H groups in total. The van der Waals surface area contributed by atoms with Crippen LogP contribution in [0, 0.1) is 0 Å². The lowest BCUT2D eigenvalue weighted by Crippen LogP contribution is -1.93. The first-order valence-corrected chi connectivity index (χ1v) is 8.84. The fourth-order valence-corrected chi connectivity index (χ4v) is 3.15. The molecule has 0 atom stereocenters. The van der Waals surface area contributed by atoms with Gasteiger partial charge in [0.1, 0.15) is 5.75 Å². The van der Waals surface area contributed by atoms with Crippen LogP contribution in [0.1, 0.15) is 11.1 Å². The SMILES string of the molecule is COc1ccc(Cc2ccc(SN)cc2)cc1-c1cccc(Cl)c1. The molecule has 0 fully saturated rings. The highest BCUT2D eigenvalue weighted by molar-refractivity contribution is 7.97. The molecule has 3 aromatic rings. The van der Waals surface area contributed by atoms with Crippen molar-refractivity contribution in [2.75, 3.05) is 7.11 Å². The molecule has 122 valence electrons. The molecule has 0 aliphatic rings. The molecule has 0 spiro atoms. The highest BCUT2D eigenvalue weighted by atomic mass is 35.5. The number of halogens is 1. The molecule has 3 aromatic carbocycles. The summed E-state index contributed by atoms with van der Waals surface area (Å²) in [6.07, 6.45) is 0.854. The van der Waals surface area contributed by atoms with Crippen molar-refractivity contribution in [3.8, 4) is 16.9 Å². The van der Waals surface area contributed by atoms with Crippen LogP contribution < -0.4 is 9.88 Å². The van der Waals surface area contributed by atoms with Crippen molar-refractivity contribution < 1.29 is 4.74 Å². The fraction of sp³-hybridized carbons (Fsp3) is 0.100. The Morgan fingerprint density at radius 1 is 0.958 bits per heavy atom. The first-order valence-electron chi connectivity index (χ1n) is 7.58. The van der Waals surface area contributed by atoms with Crippen LogP contribution in [0.5, 0.6) is 5.75 Å². The van der Waals surface area contributed by atoms with E-state index in [0.29, 0.717) is 0 Å². The first kappa shape index (κ1) is 16.9. The second-order valence-corrected chi connectivity index (χ2v) is 6.63. The van der Waals surface area contributed by atoms with E-state index in [2.05, 4.69) is 24.3 Å². The maximum atomic E-state index is 6.14. The molecule has 2 nitrogen and oxygen atoms in total. The van der Waals surface area contributed by atoms with Crippen molar-refractivity contribution >= 4 is 23.5 Å². The van der Waals surface area contributed by atoms with Crippen molar-refractivity contribution in [3.05, 3.63) is 82.9 Å². The minimum Gasteiger partial charge on any atom is -0.496 e. The van der Waals surface area contributed by atoms with Crippen molar-refractivity contribution in [3.63, 3.8) is 0 Å². The van der Waals surface area contributed by atoms with Gasteiger partial charge in [0.15, 0.2) is 0 Å². The summed E-state index contributed by atoms with van der Waals surface area (Å²) in [5.74, 6) is 0.843. The highest BCUT2D eigenvalue weighted by Gasteiger charge is 2.08. The van der Waals surface area contributed by atoms with E-state index in [1.54, 1.807) is 7.11 Å². The van der Waals surface area contributed by atoms with Gasteiger partial charge in [0, 0.05) is 15.5 Å². The van der Waals surface area contributed by atoms with Crippen LogP contribution in [0.25, 0.3) is 11.1 Å². The Kier molecular flexibility index (Phi) is 5.46. The number of methoxy groups -OCH3 is 1. The van der Waals surface area contributed by atoms with Crippen LogP contribution in [0.15, 0.2) is 71.6 Å². The number of hydrogen-bond acceptors (Lipinski definition) is 3. The lowest BCUT2D eigenvalue weighted by atomic mass is 9.98. The van der Waals surface area contributed by atoms with Gasteiger partial charge in [-0.05, 0) is 71.5 Å². The van der Waals surface area contributed by atoms with E-state index in [1.165, 1.54) is 23.1 Å². The van der Waals surface area contributed by atoms with E-state index in [9.17, 15) is 0 Å². The minimum absolute atomic E-state index is 0.717. The van der Waals surface area contributed by atoms with Gasteiger partial charge in [0.25, 0.3) is 0 Å². The van der Waals surface area contributed by atoms with Crippen molar-refractivity contribution in [2.45, 2.75) is 11.3 Å². The van der Waals surface area contributed by atoms with Crippen LogP contribution >= 0.6 is 23.5 Å². The Balaban J connectivity index is 1.93. The molecule has 0 aliphatic heterocycles. The van der Waals surface area contributed by atoms with Gasteiger partial charge in [-0.2, -0.15) is 0 Å². The molecule has 0 heterocycles. The molecule has 3 rings (SSSR count). The lowest BCUT2D eigenvalue weighted by molar-refractivity contribution is 0.416. The van der Waals surface area contributed by atoms with Crippen molar-refractivity contribution in [2.24, 2.45) is 5.14 Å². The molecule has 0 unspecified atom stereocenters. The highest BCUT2D eigenvalue weighted by Crippen LogP contribution is 2.33. The molecular weight excluding hydrogens is 338 g/mol. The fourth-order valence-electron chi connectivity index (χ4n) is 2.67. The molecule has 4 heteroatoms. The third-order valence-corrected chi connectivity index (χ3v) is 4.65. The maximum absolute atomic E-state index is 6.14. The van der Waals surface area contributed by atoms with Crippen molar-refractivity contribution in [1.29, 1.82) is 0 Å². The second kappa shape index (κ2) is 7.75. The minimum atomic E-state index is 0.717. The van der Waals surface area contributed by atoms with Gasteiger partial charge in [0.2, 0.25) is 0 Å². The molecule has 0 saturated carbocycles. The van der Waals surface area contributed by atoms with Gasteiger partial charge >= 0.3 is 0 Å². The molecule has 0 radical (unpaired) electrons. The molecule has 0 saturated heterocycles.